The molecule has 0 amide bonds. The summed E-state index contributed by atoms with van der Waals surface area (Å²) < 4.78 is 2.93. The van der Waals surface area contributed by atoms with E-state index in [0.717, 1.165) is 49.1 Å². The van der Waals surface area contributed by atoms with Crippen LogP contribution in [0.15, 0.2) is 77.5 Å². The highest BCUT2D eigenvalue weighted by Crippen LogP contribution is 2.38. The lowest BCUT2D eigenvalue weighted by molar-refractivity contribution is 0.961. The zero-order valence-electron chi connectivity index (χ0n) is 14.6. The largest absolute Gasteiger partial charge is 0.256 e. The van der Waals surface area contributed by atoms with Gasteiger partial charge in [0.1, 0.15) is 5.69 Å². The number of pyridine rings is 3. The first-order valence-corrected chi connectivity index (χ1v) is 9.46. The summed E-state index contributed by atoms with van der Waals surface area (Å²) in [5, 5.41) is 5.94. The maximum Gasteiger partial charge on any atom is 0.120 e. The molecule has 0 aliphatic carbocycles. The molecule has 0 aliphatic heterocycles. The number of fused-ring (bicyclic) bond motifs is 2. The Morgan fingerprint density at radius 1 is 0.963 bits per heavy atom. The van der Waals surface area contributed by atoms with Gasteiger partial charge in [-0.3, -0.25) is 9.97 Å². The van der Waals surface area contributed by atoms with Crippen molar-refractivity contribution in [3.8, 4) is 22.5 Å². The second kappa shape index (κ2) is 6.28. The number of aromatic nitrogens is 4. The first-order valence-electron chi connectivity index (χ1n) is 8.67. The monoisotopic (exact) mass is 414 g/mol. The fourth-order valence-electron chi connectivity index (χ4n) is 3.46. The van der Waals surface area contributed by atoms with Crippen molar-refractivity contribution in [1.82, 2.24) is 19.6 Å². The summed E-state index contributed by atoms with van der Waals surface area (Å²) >= 11 is 3.54. The van der Waals surface area contributed by atoms with E-state index in [-0.39, 0.29) is 0 Å². The van der Waals surface area contributed by atoms with Gasteiger partial charge < -0.3 is 0 Å². The van der Waals surface area contributed by atoms with E-state index in [1.807, 2.05) is 66.3 Å². The van der Waals surface area contributed by atoms with E-state index in [1.165, 1.54) is 0 Å². The summed E-state index contributed by atoms with van der Waals surface area (Å²) in [6.07, 6.45) is 3.82. The minimum Gasteiger partial charge on any atom is -0.256 e. The normalized spacial score (nSPS) is 11.3. The maximum absolute atomic E-state index is 4.85. The van der Waals surface area contributed by atoms with E-state index in [9.17, 15) is 0 Å². The van der Waals surface area contributed by atoms with E-state index in [1.54, 1.807) is 0 Å². The number of hydrogen-bond donors (Lipinski definition) is 0. The molecule has 5 rings (SSSR count). The van der Waals surface area contributed by atoms with Crippen molar-refractivity contribution in [2.45, 2.75) is 6.92 Å². The molecule has 0 bridgehead atoms. The predicted octanol–water partition coefficient (Wildman–Crippen LogP) is 5.68. The molecular formula is C22H15BrN4. The van der Waals surface area contributed by atoms with E-state index < -0.39 is 0 Å². The third-order valence-corrected chi connectivity index (χ3v) is 5.14. The maximum atomic E-state index is 4.85. The van der Waals surface area contributed by atoms with Gasteiger partial charge in [0.05, 0.1) is 16.7 Å². The zero-order valence-corrected chi connectivity index (χ0v) is 16.2. The van der Waals surface area contributed by atoms with E-state index >= 15 is 0 Å². The van der Waals surface area contributed by atoms with Crippen molar-refractivity contribution >= 4 is 32.3 Å². The average molecular weight is 415 g/mol. The van der Waals surface area contributed by atoms with E-state index in [2.05, 4.69) is 39.1 Å². The van der Waals surface area contributed by atoms with Gasteiger partial charge in [-0.05, 0) is 55.0 Å². The highest BCUT2D eigenvalue weighted by Gasteiger charge is 2.19. The first-order chi connectivity index (χ1) is 13.2. The fourth-order valence-corrected chi connectivity index (χ4v) is 3.81. The summed E-state index contributed by atoms with van der Waals surface area (Å²) in [5.41, 5.74) is 6.89. The highest BCUT2D eigenvalue weighted by atomic mass is 79.9. The average Bonchev–Trinajstić information content (AvgIpc) is 3.06. The van der Waals surface area contributed by atoms with Crippen LogP contribution >= 0.6 is 15.9 Å². The molecule has 5 aromatic rings. The molecular weight excluding hydrogens is 400 g/mol. The summed E-state index contributed by atoms with van der Waals surface area (Å²) in [7, 11) is 0. The van der Waals surface area contributed by atoms with Gasteiger partial charge >= 0.3 is 0 Å². The Balaban J connectivity index is 1.90. The van der Waals surface area contributed by atoms with Crippen LogP contribution in [0.3, 0.4) is 0 Å². The number of hydrogen-bond acceptors (Lipinski definition) is 3. The lowest BCUT2D eigenvalue weighted by Gasteiger charge is -2.08. The molecule has 130 valence electrons. The second-order valence-electron chi connectivity index (χ2n) is 6.44. The number of halogens is 1. The smallest absolute Gasteiger partial charge is 0.120 e. The van der Waals surface area contributed by atoms with Crippen molar-refractivity contribution in [2.24, 2.45) is 0 Å². The van der Waals surface area contributed by atoms with Crippen molar-refractivity contribution in [3.05, 3.63) is 83.2 Å². The van der Waals surface area contributed by atoms with Crippen molar-refractivity contribution in [1.29, 1.82) is 0 Å². The topological polar surface area (TPSA) is 43.1 Å². The van der Waals surface area contributed by atoms with Gasteiger partial charge in [-0.2, -0.15) is 5.10 Å². The molecule has 4 nitrogen and oxygen atoms in total. The van der Waals surface area contributed by atoms with E-state index in [0.29, 0.717) is 0 Å². The van der Waals surface area contributed by atoms with Crippen LogP contribution in [0.1, 0.15) is 5.69 Å². The number of rotatable bonds is 2. The molecule has 0 unspecified atom stereocenters. The molecule has 5 heteroatoms. The van der Waals surface area contributed by atoms with Gasteiger partial charge in [0.25, 0.3) is 0 Å². The number of benzene rings is 1. The molecule has 0 saturated heterocycles. The lowest BCUT2D eigenvalue weighted by Crippen LogP contribution is -1.90. The van der Waals surface area contributed by atoms with Crippen LogP contribution in [0.2, 0.25) is 0 Å². The quantitative estimate of drug-likeness (QED) is 0.373. The van der Waals surface area contributed by atoms with Crippen molar-refractivity contribution in [3.63, 3.8) is 0 Å². The van der Waals surface area contributed by atoms with Crippen molar-refractivity contribution < 1.29 is 0 Å². The van der Waals surface area contributed by atoms with Crippen LogP contribution < -0.4 is 0 Å². The molecule has 0 radical (unpaired) electrons. The van der Waals surface area contributed by atoms with Gasteiger partial charge in [-0.1, -0.05) is 34.1 Å². The van der Waals surface area contributed by atoms with E-state index in [4.69, 9.17) is 10.1 Å². The Bertz CT molecular complexity index is 1310. The predicted molar refractivity (Wildman–Crippen MR) is 112 cm³/mol. The Labute approximate surface area is 164 Å². The Morgan fingerprint density at radius 3 is 2.78 bits per heavy atom. The molecule has 0 spiro atoms. The lowest BCUT2D eigenvalue weighted by atomic mass is 9.98. The van der Waals surface area contributed by atoms with Gasteiger partial charge in [-0.25, -0.2) is 4.52 Å². The van der Waals surface area contributed by atoms with Gasteiger partial charge in [0.2, 0.25) is 0 Å². The molecule has 0 fully saturated rings. The van der Waals surface area contributed by atoms with Crippen LogP contribution in [0.4, 0.5) is 0 Å². The van der Waals surface area contributed by atoms with Crippen LogP contribution in [-0.2, 0) is 0 Å². The Hall–Kier alpha value is -3.05. The third kappa shape index (κ3) is 2.71. The molecule has 4 aromatic heterocycles. The SMILES string of the molecule is Cc1cccc(-c2nn3ccccc3c2-c2ccnc3cc(Br)ccc23)n1. The van der Waals surface area contributed by atoms with Crippen LogP contribution in [0, 0.1) is 6.92 Å². The molecule has 0 atom stereocenters. The molecule has 27 heavy (non-hydrogen) atoms. The van der Waals surface area contributed by atoms with Crippen LogP contribution in [0.5, 0.6) is 0 Å². The first kappa shape index (κ1) is 16.1. The summed E-state index contributed by atoms with van der Waals surface area (Å²) in [5.74, 6) is 0. The van der Waals surface area contributed by atoms with Gasteiger partial charge in [-0.15, -0.1) is 0 Å². The highest BCUT2D eigenvalue weighted by molar-refractivity contribution is 9.10. The summed E-state index contributed by atoms with van der Waals surface area (Å²) in [4.78, 5) is 9.26. The Morgan fingerprint density at radius 2 is 1.89 bits per heavy atom. The zero-order chi connectivity index (χ0) is 18.4. The minimum absolute atomic E-state index is 0.871. The molecule has 0 saturated carbocycles. The van der Waals surface area contributed by atoms with Crippen LogP contribution in [0.25, 0.3) is 38.9 Å². The molecule has 4 heterocycles. The van der Waals surface area contributed by atoms with Crippen molar-refractivity contribution in [2.75, 3.05) is 0 Å². The second-order valence-corrected chi connectivity index (χ2v) is 7.35. The fraction of sp³-hybridized carbons (Fsp3) is 0.0455. The number of aryl methyl sites for hydroxylation is 1. The molecule has 0 aliphatic rings. The number of nitrogens with zero attached hydrogens (tertiary/aromatic N) is 4. The standard InChI is InChI=1S/C22H15BrN4/c1-14-5-4-6-18(25-14)22-21(20-7-2-3-12-27(20)26-22)17-10-11-24-19-13-15(23)8-9-16(17)19/h2-13H,1H3. The summed E-state index contributed by atoms with van der Waals surface area (Å²) in [6, 6.07) is 20.4. The minimum atomic E-state index is 0.871. The third-order valence-electron chi connectivity index (χ3n) is 4.65. The summed E-state index contributed by atoms with van der Waals surface area (Å²) in [6.45, 7) is 2.00. The Kier molecular flexibility index (Phi) is 3.76. The van der Waals surface area contributed by atoms with Gasteiger partial charge in [0.15, 0.2) is 0 Å². The molecule has 1 aromatic carbocycles. The van der Waals surface area contributed by atoms with Crippen LogP contribution in [-0.4, -0.2) is 19.6 Å². The molecule has 0 N–H and O–H groups in total. The van der Waals surface area contributed by atoms with Gasteiger partial charge in [0, 0.05) is 33.5 Å².